The third-order valence-corrected chi connectivity index (χ3v) is 3.12. The highest BCUT2D eigenvalue weighted by Crippen LogP contribution is 2.24. The van der Waals surface area contributed by atoms with Crippen molar-refractivity contribution in [3.63, 3.8) is 0 Å². The summed E-state index contributed by atoms with van der Waals surface area (Å²) in [4.78, 5) is 11.9. The van der Waals surface area contributed by atoms with E-state index >= 15 is 0 Å². The summed E-state index contributed by atoms with van der Waals surface area (Å²) in [5.74, 6) is -2.12. The third-order valence-electron chi connectivity index (χ3n) is 2.52. The van der Waals surface area contributed by atoms with Crippen LogP contribution in [0.4, 0.5) is 20.2 Å². The quantitative estimate of drug-likeness (QED) is 0.832. The molecule has 1 aromatic carbocycles. The summed E-state index contributed by atoms with van der Waals surface area (Å²) in [5.41, 5.74) is 6.14. The Balaban J connectivity index is 2.29. The molecule has 2 rings (SSSR count). The van der Waals surface area contributed by atoms with Crippen LogP contribution in [-0.2, 0) is 7.05 Å². The number of anilines is 2. The smallest absolute Gasteiger partial charge is 0.272 e. The Kier molecular flexibility index (Phi) is 3.57. The number of hydrogen-bond donors (Lipinski definition) is 2. The van der Waals surface area contributed by atoms with Gasteiger partial charge in [-0.3, -0.25) is 4.79 Å². The van der Waals surface area contributed by atoms with E-state index in [2.05, 4.69) is 21.2 Å². The lowest BCUT2D eigenvalue weighted by molar-refractivity contribution is 0.101. The van der Waals surface area contributed by atoms with E-state index in [1.807, 2.05) is 0 Å². The Labute approximate surface area is 116 Å². The van der Waals surface area contributed by atoms with Crippen molar-refractivity contribution >= 4 is 33.2 Å². The predicted molar refractivity (Wildman–Crippen MR) is 71.8 cm³/mol. The molecule has 0 saturated carbocycles. The van der Waals surface area contributed by atoms with Crippen molar-refractivity contribution in [3.05, 3.63) is 46.2 Å². The topological polar surface area (TPSA) is 60.0 Å². The molecule has 19 heavy (non-hydrogen) atoms. The molecule has 0 fully saturated rings. The normalized spacial score (nSPS) is 10.5. The van der Waals surface area contributed by atoms with Crippen LogP contribution in [0.3, 0.4) is 0 Å². The van der Waals surface area contributed by atoms with Gasteiger partial charge in [-0.05, 0) is 28.1 Å². The summed E-state index contributed by atoms with van der Waals surface area (Å²) in [6.45, 7) is 0. The Morgan fingerprint density at radius 1 is 1.32 bits per heavy atom. The fourth-order valence-corrected chi connectivity index (χ4v) is 1.96. The Morgan fingerprint density at radius 3 is 2.58 bits per heavy atom. The second kappa shape index (κ2) is 5.00. The van der Waals surface area contributed by atoms with E-state index in [9.17, 15) is 13.6 Å². The molecule has 3 N–H and O–H groups in total. The van der Waals surface area contributed by atoms with Crippen LogP contribution in [0.15, 0.2) is 28.9 Å². The molecule has 0 aliphatic carbocycles. The lowest BCUT2D eigenvalue weighted by Crippen LogP contribution is -2.16. The molecule has 0 bridgehead atoms. The number of nitrogens with zero attached hydrogens (tertiary/aromatic N) is 1. The molecule has 4 nitrogen and oxygen atoms in total. The molecule has 0 atom stereocenters. The number of aromatic nitrogens is 1. The summed E-state index contributed by atoms with van der Waals surface area (Å²) in [6.07, 6.45) is 1.56. The maximum absolute atomic E-state index is 13.5. The molecule has 100 valence electrons. The number of nitrogens with one attached hydrogen (secondary N) is 1. The van der Waals surface area contributed by atoms with E-state index in [1.165, 1.54) is 10.6 Å². The van der Waals surface area contributed by atoms with Crippen LogP contribution in [0.2, 0.25) is 0 Å². The Morgan fingerprint density at radius 2 is 2.00 bits per heavy atom. The molecule has 2 aromatic rings. The molecule has 1 aromatic heterocycles. The van der Waals surface area contributed by atoms with Crippen LogP contribution in [0, 0.1) is 11.6 Å². The van der Waals surface area contributed by atoms with Crippen molar-refractivity contribution in [2.24, 2.45) is 7.05 Å². The highest BCUT2D eigenvalue weighted by Gasteiger charge is 2.15. The zero-order valence-corrected chi connectivity index (χ0v) is 11.5. The number of hydrogen-bond acceptors (Lipinski definition) is 2. The lowest BCUT2D eigenvalue weighted by Gasteiger charge is -2.08. The molecule has 0 aliphatic rings. The highest BCUT2D eigenvalue weighted by atomic mass is 79.9. The molecule has 1 amide bonds. The highest BCUT2D eigenvalue weighted by molar-refractivity contribution is 9.10. The average Bonchev–Trinajstić information content (AvgIpc) is 2.65. The number of amides is 1. The zero-order chi connectivity index (χ0) is 14.2. The van der Waals surface area contributed by atoms with E-state index in [0.717, 1.165) is 6.07 Å². The number of benzene rings is 1. The van der Waals surface area contributed by atoms with Crippen molar-refractivity contribution in [3.8, 4) is 0 Å². The number of nitrogens with two attached hydrogens (primary N) is 1. The number of halogens is 3. The molecule has 1 heterocycles. The minimum absolute atomic E-state index is 0.0654. The van der Waals surface area contributed by atoms with Gasteiger partial charge in [-0.1, -0.05) is 0 Å². The number of nitrogen functional groups attached to an aromatic ring is 1. The second-order valence-electron chi connectivity index (χ2n) is 3.97. The number of carbonyl (C=O) groups excluding carboxylic acids is 1. The van der Waals surface area contributed by atoms with E-state index < -0.39 is 17.5 Å². The Bertz CT molecular complexity index is 655. The van der Waals surface area contributed by atoms with E-state index in [-0.39, 0.29) is 15.9 Å². The van der Waals surface area contributed by atoms with Gasteiger partial charge in [0.15, 0.2) is 0 Å². The van der Waals surface area contributed by atoms with Crippen LogP contribution in [-0.4, -0.2) is 10.5 Å². The van der Waals surface area contributed by atoms with Gasteiger partial charge in [0, 0.05) is 19.3 Å². The fourth-order valence-electron chi connectivity index (χ4n) is 1.62. The molecular formula is C12H10BrF2N3O. The molecular weight excluding hydrogens is 320 g/mol. The summed E-state index contributed by atoms with van der Waals surface area (Å²) >= 11 is 2.93. The van der Waals surface area contributed by atoms with Crippen LogP contribution < -0.4 is 11.1 Å². The first kappa shape index (κ1) is 13.5. The summed E-state index contributed by atoms with van der Waals surface area (Å²) in [5, 5.41) is 2.36. The summed E-state index contributed by atoms with van der Waals surface area (Å²) in [7, 11) is 1.64. The lowest BCUT2D eigenvalue weighted by atomic mass is 10.3. The first-order valence-electron chi connectivity index (χ1n) is 5.26. The van der Waals surface area contributed by atoms with Gasteiger partial charge in [0.05, 0.1) is 15.8 Å². The predicted octanol–water partition coefficient (Wildman–Crippen LogP) is 2.90. The van der Waals surface area contributed by atoms with Crippen LogP contribution in [0.5, 0.6) is 0 Å². The van der Waals surface area contributed by atoms with Crippen molar-refractivity contribution < 1.29 is 13.6 Å². The van der Waals surface area contributed by atoms with Gasteiger partial charge in [0.25, 0.3) is 5.91 Å². The third kappa shape index (κ3) is 2.76. The molecule has 0 aliphatic heterocycles. The minimum Gasteiger partial charge on any atom is -0.397 e. The first-order chi connectivity index (χ1) is 8.88. The van der Waals surface area contributed by atoms with Gasteiger partial charge in [0.1, 0.15) is 17.3 Å². The second-order valence-corrected chi connectivity index (χ2v) is 4.82. The van der Waals surface area contributed by atoms with Crippen molar-refractivity contribution in [2.75, 3.05) is 11.1 Å². The van der Waals surface area contributed by atoms with Crippen LogP contribution in [0.25, 0.3) is 0 Å². The van der Waals surface area contributed by atoms with Gasteiger partial charge >= 0.3 is 0 Å². The fraction of sp³-hybridized carbons (Fsp3) is 0.0833. The Hall–Kier alpha value is -1.89. The van der Waals surface area contributed by atoms with Gasteiger partial charge in [-0.2, -0.15) is 0 Å². The monoisotopic (exact) mass is 329 g/mol. The average molecular weight is 330 g/mol. The van der Waals surface area contributed by atoms with Gasteiger partial charge in [-0.15, -0.1) is 0 Å². The molecule has 7 heteroatoms. The first-order valence-corrected chi connectivity index (χ1v) is 6.05. The summed E-state index contributed by atoms with van der Waals surface area (Å²) in [6, 6.07) is 3.32. The molecule has 0 saturated heterocycles. The molecule has 0 unspecified atom stereocenters. The van der Waals surface area contributed by atoms with E-state index in [0.29, 0.717) is 11.8 Å². The van der Waals surface area contributed by atoms with E-state index in [4.69, 9.17) is 5.73 Å². The maximum atomic E-state index is 13.5. The van der Waals surface area contributed by atoms with Crippen molar-refractivity contribution in [2.45, 2.75) is 0 Å². The SMILES string of the molecule is Cn1cc(N)cc1C(=O)Nc1cc(Br)c(F)cc1F. The van der Waals surface area contributed by atoms with Gasteiger partial charge < -0.3 is 15.6 Å². The maximum Gasteiger partial charge on any atom is 0.272 e. The van der Waals surface area contributed by atoms with E-state index in [1.54, 1.807) is 13.2 Å². The van der Waals surface area contributed by atoms with Crippen molar-refractivity contribution in [1.29, 1.82) is 0 Å². The number of carbonyl (C=O) groups is 1. The minimum atomic E-state index is -0.851. The largest absolute Gasteiger partial charge is 0.397 e. The van der Waals surface area contributed by atoms with Gasteiger partial charge in [-0.25, -0.2) is 8.78 Å². The van der Waals surface area contributed by atoms with Crippen LogP contribution in [0.1, 0.15) is 10.5 Å². The number of aryl methyl sites for hydroxylation is 1. The standard InChI is InChI=1S/C12H10BrF2N3O/c1-18-5-6(16)2-11(18)12(19)17-10-3-7(13)8(14)4-9(10)15/h2-5H,16H2,1H3,(H,17,19). The van der Waals surface area contributed by atoms with Gasteiger partial charge in [0.2, 0.25) is 0 Å². The van der Waals surface area contributed by atoms with Crippen molar-refractivity contribution in [1.82, 2.24) is 4.57 Å². The molecule has 0 radical (unpaired) electrons. The van der Waals surface area contributed by atoms with Crippen LogP contribution >= 0.6 is 15.9 Å². The zero-order valence-electron chi connectivity index (χ0n) is 9.88. The summed E-state index contributed by atoms with van der Waals surface area (Å²) < 4.78 is 28.2. The molecule has 0 spiro atoms. The number of rotatable bonds is 2.